The minimum atomic E-state index is -0.921. The number of benzene rings is 2. The van der Waals surface area contributed by atoms with Crippen LogP contribution in [0.1, 0.15) is 50.3 Å². The van der Waals surface area contributed by atoms with Gasteiger partial charge in [0.25, 0.3) is 0 Å². The lowest BCUT2D eigenvalue weighted by molar-refractivity contribution is -0.225. The van der Waals surface area contributed by atoms with Gasteiger partial charge in [0.05, 0.1) is 6.54 Å². The number of methoxy groups -OCH3 is 2. The van der Waals surface area contributed by atoms with Gasteiger partial charge < -0.3 is 9.47 Å². The van der Waals surface area contributed by atoms with Gasteiger partial charge in [-0.1, -0.05) is 62.7 Å². The summed E-state index contributed by atoms with van der Waals surface area (Å²) in [4.78, 5) is 4.81. The fraction of sp³-hybridized carbons (Fsp3) is 0.400. The molecule has 0 saturated carbocycles. The van der Waals surface area contributed by atoms with Crippen molar-refractivity contribution in [2.24, 2.45) is 0 Å². The predicted octanol–water partition coefficient (Wildman–Crippen LogP) is 4.37. The number of aryl methyl sites for hydroxylation is 1. The molecular weight excluding hydrogens is 430 g/mol. The first-order valence-electron chi connectivity index (χ1n) is 11.6. The van der Waals surface area contributed by atoms with E-state index in [1.54, 1.807) is 14.2 Å². The minimum Gasteiger partial charge on any atom is -0.347 e. The van der Waals surface area contributed by atoms with Gasteiger partial charge in [-0.2, -0.15) is 5.21 Å². The van der Waals surface area contributed by atoms with E-state index in [1.807, 2.05) is 16.8 Å². The van der Waals surface area contributed by atoms with Crippen LogP contribution in [0.3, 0.4) is 0 Å². The lowest BCUT2D eigenvalue weighted by atomic mass is 10.0. The Bertz CT molecular complexity index is 1180. The number of ether oxygens (including phenoxy) is 2. The van der Waals surface area contributed by atoms with E-state index in [2.05, 4.69) is 70.9 Å². The maximum Gasteiger partial charge on any atom is 0.231 e. The highest BCUT2D eigenvalue weighted by Crippen LogP contribution is 2.30. The summed E-state index contributed by atoms with van der Waals surface area (Å²) in [5, 5.41) is 19.1. The molecule has 9 nitrogen and oxygen atoms in total. The number of hydrogen-bond acceptors (Lipinski definition) is 7. The van der Waals surface area contributed by atoms with Crippen molar-refractivity contribution < 1.29 is 9.47 Å². The van der Waals surface area contributed by atoms with Gasteiger partial charge >= 0.3 is 0 Å². The molecule has 0 aliphatic rings. The Kier molecular flexibility index (Phi) is 7.44. The van der Waals surface area contributed by atoms with E-state index >= 15 is 0 Å². The number of rotatable bonds is 11. The summed E-state index contributed by atoms with van der Waals surface area (Å²) in [5.74, 6) is 1.17. The number of aromatic nitrogens is 7. The molecule has 2 aromatic carbocycles. The summed E-state index contributed by atoms with van der Waals surface area (Å²) in [6.45, 7) is 4.86. The Hall–Kier alpha value is -3.43. The molecule has 9 heteroatoms. The molecule has 2 heterocycles. The molecule has 0 unspecified atom stereocenters. The summed E-state index contributed by atoms with van der Waals surface area (Å²) in [7, 11) is 3.29. The average molecular weight is 462 g/mol. The zero-order chi connectivity index (χ0) is 24.0. The van der Waals surface area contributed by atoms with Crippen LogP contribution in [0.5, 0.6) is 0 Å². The van der Waals surface area contributed by atoms with Gasteiger partial charge in [-0.05, 0) is 34.4 Å². The van der Waals surface area contributed by atoms with Crippen LogP contribution in [0.2, 0.25) is 0 Å². The van der Waals surface area contributed by atoms with E-state index in [0.717, 1.165) is 47.3 Å². The predicted molar refractivity (Wildman–Crippen MR) is 129 cm³/mol. The number of nitrogens with zero attached hydrogens (tertiary/aromatic N) is 6. The Labute approximate surface area is 199 Å². The normalized spacial score (nSPS) is 11.8. The van der Waals surface area contributed by atoms with Gasteiger partial charge in [0, 0.05) is 32.6 Å². The number of nitrogens with one attached hydrogen (secondary N) is 1. The minimum absolute atomic E-state index is 0.579. The molecule has 34 heavy (non-hydrogen) atoms. The molecule has 0 amide bonds. The molecule has 1 N–H and O–H groups in total. The second-order valence-electron chi connectivity index (χ2n) is 8.18. The molecule has 0 saturated heterocycles. The molecule has 2 aromatic heterocycles. The lowest BCUT2D eigenvalue weighted by Gasteiger charge is -2.27. The fourth-order valence-corrected chi connectivity index (χ4v) is 4.08. The zero-order valence-electron chi connectivity index (χ0n) is 20.2. The largest absolute Gasteiger partial charge is 0.347 e. The summed E-state index contributed by atoms with van der Waals surface area (Å²) >= 11 is 0. The molecular formula is C25H31N7O2. The van der Waals surface area contributed by atoms with Crippen molar-refractivity contribution in [1.82, 2.24) is 35.4 Å². The van der Waals surface area contributed by atoms with Crippen LogP contribution < -0.4 is 0 Å². The van der Waals surface area contributed by atoms with E-state index in [1.165, 1.54) is 0 Å². The van der Waals surface area contributed by atoms with E-state index in [-0.39, 0.29) is 0 Å². The van der Waals surface area contributed by atoms with E-state index in [9.17, 15) is 0 Å². The van der Waals surface area contributed by atoms with Gasteiger partial charge in [-0.3, -0.25) is 0 Å². The molecule has 178 valence electrons. The standard InChI is InChI=1S/C25H31N7O2/c1-5-8-22-26-24(25(33-3,34-4)15-6-2)29-32(22)17-18-11-13-19(14-12-18)20-9-7-10-21(16-20)23-27-30-31-28-23/h7,9-14,16H,5-6,8,15,17H2,1-4H3,(H,27,28,30,31). The second kappa shape index (κ2) is 10.7. The molecule has 4 aromatic rings. The fourth-order valence-electron chi connectivity index (χ4n) is 4.08. The van der Waals surface area contributed by atoms with Gasteiger partial charge in [0.1, 0.15) is 5.82 Å². The number of H-pyrrole nitrogens is 1. The molecule has 4 rings (SSSR count). The van der Waals surface area contributed by atoms with Gasteiger partial charge in [0.2, 0.25) is 17.4 Å². The number of aromatic amines is 1. The van der Waals surface area contributed by atoms with Gasteiger partial charge in [0.15, 0.2) is 0 Å². The van der Waals surface area contributed by atoms with E-state index in [4.69, 9.17) is 19.6 Å². The van der Waals surface area contributed by atoms with Crippen LogP contribution in [0.15, 0.2) is 48.5 Å². The topological polar surface area (TPSA) is 104 Å². The molecule has 0 radical (unpaired) electrons. The van der Waals surface area contributed by atoms with E-state index < -0.39 is 5.79 Å². The second-order valence-corrected chi connectivity index (χ2v) is 8.18. The first-order valence-corrected chi connectivity index (χ1v) is 11.6. The monoisotopic (exact) mass is 461 g/mol. The molecule has 0 aliphatic heterocycles. The molecule has 0 bridgehead atoms. The van der Waals surface area contributed by atoms with Crippen LogP contribution in [0.4, 0.5) is 0 Å². The van der Waals surface area contributed by atoms with E-state index in [0.29, 0.717) is 24.6 Å². The average Bonchev–Trinajstić information content (AvgIpc) is 3.55. The quantitative estimate of drug-likeness (QED) is 0.331. The van der Waals surface area contributed by atoms with Crippen LogP contribution in [0, 0.1) is 0 Å². The molecule has 0 spiro atoms. The Morgan fingerprint density at radius 2 is 1.71 bits per heavy atom. The smallest absolute Gasteiger partial charge is 0.231 e. The van der Waals surface area contributed by atoms with Crippen LogP contribution in [-0.2, 0) is 28.2 Å². The lowest BCUT2D eigenvalue weighted by Crippen LogP contribution is -2.32. The van der Waals surface area contributed by atoms with Crippen molar-refractivity contribution >= 4 is 0 Å². The summed E-state index contributed by atoms with van der Waals surface area (Å²) < 4.78 is 13.4. The zero-order valence-corrected chi connectivity index (χ0v) is 20.2. The summed E-state index contributed by atoms with van der Waals surface area (Å²) in [6, 6.07) is 16.6. The van der Waals surface area contributed by atoms with Crippen molar-refractivity contribution in [2.75, 3.05) is 14.2 Å². The van der Waals surface area contributed by atoms with Crippen LogP contribution in [0.25, 0.3) is 22.5 Å². The summed E-state index contributed by atoms with van der Waals surface area (Å²) in [6.07, 6.45) is 3.40. The highest BCUT2D eigenvalue weighted by atomic mass is 16.7. The highest BCUT2D eigenvalue weighted by molar-refractivity contribution is 5.70. The molecule has 0 aliphatic carbocycles. The first kappa shape index (κ1) is 23.7. The maximum atomic E-state index is 5.74. The summed E-state index contributed by atoms with van der Waals surface area (Å²) in [5.41, 5.74) is 4.26. The third kappa shape index (κ3) is 4.90. The first-order chi connectivity index (χ1) is 16.6. The van der Waals surface area contributed by atoms with Gasteiger partial charge in [-0.25, -0.2) is 9.67 Å². The number of tetrazole rings is 1. The highest BCUT2D eigenvalue weighted by Gasteiger charge is 2.36. The third-order valence-corrected chi connectivity index (χ3v) is 5.89. The maximum absolute atomic E-state index is 5.74. The Balaban J connectivity index is 1.58. The SMILES string of the molecule is CCCc1nc(C(CCC)(OC)OC)nn1Cc1ccc(-c2cccc(-c3nn[nH]n3)c2)cc1. The van der Waals surface area contributed by atoms with Crippen molar-refractivity contribution in [2.45, 2.75) is 51.9 Å². The van der Waals surface area contributed by atoms with Crippen molar-refractivity contribution in [3.8, 4) is 22.5 Å². The van der Waals surface area contributed by atoms with Gasteiger partial charge in [-0.15, -0.1) is 15.3 Å². The molecule has 0 atom stereocenters. The van der Waals surface area contributed by atoms with Crippen molar-refractivity contribution in [1.29, 1.82) is 0 Å². The van der Waals surface area contributed by atoms with Crippen LogP contribution in [-0.4, -0.2) is 49.6 Å². The van der Waals surface area contributed by atoms with Crippen molar-refractivity contribution in [3.63, 3.8) is 0 Å². The van der Waals surface area contributed by atoms with Crippen LogP contribution >= 0.6 is 0 Å². The Morgan fingerprint density at radius 1 is 0.941 bits per heavy atom. The molecule has 0 fully saturated rings. The van der Waals surface area contributed by atoms with Crippen molar-refractivity contribution in [3.05, 3.63) is 65.7 Å². The number of hydrogen-bond donors (Lipinski definition) is 1. The Morgan fingerprint density at radius 3 is 2.35 bits per heavy atom. The third-order valence-electron chi connectivity index (χ3n) is 5.89.